The Morgan fingerprint density at radius 2 is 1.37 bits per heavy atom. The smallest absolute Gasteiger partial charge is 0.0341 e. The van der Waals surface area contributed by atoms with E-state index in [4.69, 9.17) is 0 Å². The summed E-state index contributed by atoms with van der Waals surface area (Å²) in [6, 6.07) is 27.9. The third-order valence-electron chi connectivity index (χ3n) is 4.54. The molecule has 3 aromatic carbocycles. The van der Waals surface area contributed by atoms with Gasteiger partial charge in [-0.2, -0.15) is 0 Å². The molecule has 0 aliphatic heterocycles. The largest absolute Gasteiger partial charge is 0.275 e. The van der Waals surface area contributed by atoms with Gasteiger partial charge in [0.25, 0.3) is 0 Å². The minimum atomic E-state index is -0.590. The minimum Gasteiger partial charge on any atom is -0.275 e. The standard InChI is InChI=1S/C25H26NP/c1-4-26(5-2)27(24-12-7-6-8-13-24)25-14-10-9-11-23(25)20-19-22-17-15-21(3)16-18-22/h6-18H,4-5H2,1-3H3. The van der Waals surface area contributed by atoms with E-state index < -0.39 is 8.07 Å². The van der Waals surface area contributed by atoms with Gasteiger partial charge in [-0.05, 0) is 43.5 Å². The maximum Gasteiger partial charge on any atom is 0.0341 e. The first-order valence-corrected chi connectivity index (χ1v) is 10.8. The molecule has 0 amide bonds. The van der Waals surface area contributed by atoms with Gasteiger partial charge in [-0.3, -0.25) is 4.67 Å². The number of hydrogen-bond donors (Lipinski definition) is 0. The lowest BCUT2D eigenvalue weighted by atomic mass is 10.1. The van der Waals surface area contributed by atoms with Crippen molar-refractivity contribution in [2.75, 3.05) is 13.1 Å². The second kappa shape index (κ2) is 9.52. The van der Waals surface area contributed by atoms with Gasteiger partial charge >= 0.3 is 0 Å². The highest BCUT2D eigenvalue weighted by molar-refractivity contribution is 7.70. The van der Waals surface area contributed by atoms with E-state index in [0.29, 0.717) is 0 Å². The number of aryl methyl sites for hydroxylation is 1. The zero-order valence-corrected chi connectivity index (χ0v) is 17.2. The van der Waals surface area contributed by atoms with Gasteiger partial charge < -0.3 is 0 Å². The molecule has 0 aliphatic carbocycles. The Kier molecular flexibility index (Phi) is 6.83. The molecule has 3 aromatic rings. The number of rotatable bonds is 5. The monoisotopic (exact) mass is 371 g/mol. The van der Waals surface area contributed by atoms with Crippen LogP contribution in [-0.4, -0.2) is 17.8 Å². The van der Waals surface area contributed by atoms with Crippen LogP contribution in [0.25, 0.3) is 0 Å². The average molecular weight is 371 g/mol. The Balaban J connectivity index is 2.05. The molecular formula is C25H26NP. The van der Waals surface area contributed by atoms with E-state index in [0.717, 1.165) is 24.2 Å². The van der Waals surface area contributed by atoms with Crippen LogP contribution in [0.4, 0.5) is 0 Å². The molecule has 0 aromatic heterocycles. The molecule has 1 unspecified atom stereocenters. The summed E-state index contributed by atoms with van der Waals surface area (Å²) < 4.78 is 2.55. The Labute approximate surface area is 164 Å². The molecule has 2 heteroatoms. The quantitative estimate of drug-likeness (QED) is 0.446. The van der Waals surface area contributed by atoms with Crippen LogP contribution < -0.4 is 10.6 Å². The van der Waals surface area contributed by atoms with Crippen LogP contribution in [0.15, 0.2) is 78.9 Å². The first kappa shape index (κ1) is 19.4. The van der Waals surface area contributed by atoms with Crippen molar-refractivity contribution in [3.05, 3.63) is 95.6 Å². The van der Waals surface area contributed by atoms with Gasteiger partial charge in [-0.15, -0.1) is 0 Å². The molecule has 136 valence electrons. The van der Waals surface area contributed by atoms with E-state index in [9.17, 15) is 0 Å². The normalized spacial score (nSPS) is 11.7. The van der Waals surface area contributed by atoms with E-state index in [1.165, 1.54) is 16.2 Å². The second-order valence-electron chi connectivity index (χ2n) is 6.42. The van der Waals surface area contributed by atoms with E-state index in [2.05, 4.69) is 116 Å². The van der Waals surface area contributed by atoms with Crippen LogP contribution >= 0.6 is 8.07 Å². The van der Waals surface area contributed by atoms with Crippen LogP contribution in [0.1, 0.15) is 30.5 Å². The maximum absolute atomic E-state index is 3.44. The summed E-state index contributed by atoms with van der Waals surface area (Å²) in [5.41, 5.74) is 3.44. The van der Waals surface area contributed by atoms with Crippen molar-refractivity contribution in [1.82, 2.24) is 4.67 Å². The van der Waals surface area contributed by atoms with Crippen molar-refractivity contribution in [2.24, 2.45) is 0 Å². The van der Waals surface area contributed by atoms with Crippen molar-refractivity contribution in [3.8, 4) is 11.8 Å². The molecule has 0 spiro atoms. The molecule has 0 N–H and O–H groups in total. The van der Waals surface area contributed by atoms with Gasteiger partial charge in [0.15, 0.2) is 0 Å². The topological polar surface area (TPSA) is 3.24 Å². The highest BCUT2D eigenvalue weighted by atomic mass is 31.1. The van der Waals surface area contributed by atoms with E-state index in [1.807, 2.05) is 0 Å². The van der Waals surface area contributed by atoms with Gasteiger partial charge in [-0.25, -0.2) is 0 Å². The van der Waals surface area contributed by atoms with Gasteiger partial charge in [0.1, 0.15) is 0 Å². The van der Waals surface area contributed by atoms with Gasteiger partial charge in [0, 0.05) is 24.5 Å². The molecule has 0 fully saturated rings. The Bertz CT molecular complexity index is 916. The van der Waals surface area contributed by atoms with Gasteiger partial charge in [-0.1, -0.05) is 91.9 Å². The van der Waals surface area contributed by atoms with Crippen molar-refractivity contribution in [2.45, 2.75) is 20.8 Å². The molecule has 1 nitrogen and oxygen atoms in total. The number of hydrogen-bond acceptors (Lipinski definition) is 1. The summed E-state index contributed by atoms with van der Waals surface area (Å²) in [6.45, 7) is 8.63. The van der Waals surface area contributed by atoms with Crippen LogP contribution in [0.5, 0.6) is 0 Å². The first-order valence-electron chi connectivity index (χ1n) is 9.50. The molecular weight excluding hydrogens is 345 g/mol. The SMILES string of the molecule is CCN(CC)P(c1ccccc1)c1ccccc1C#Cc1ccc(C)cc1. The van der Waals surface area contributed by atoms with E-state index in [1.54, 1.807) is 0 Å². The molecule has 0 saturated carbocycles. The van der Waals surface area contributed by atoms with E-state index in [-0.39, 0.29) is 0 Å². The highest BCUT2D eigenvalue weighted by Crippen LogP contribution is 2.38. The Hall–Kier alpha value is -2.39. The molecule has 0 bridgehead atoms. The molecule has 0 heterocycles. The summed E-state index contributed by atoms with van der Waals surface area (Å²) in [7, 11) is -0.590. The van der Waals surface area contributed by atoms with Gasteiger partial charge in [0.05, 0.1) is 0 Å². The summed E-state index contributed by atoms with van der Waals surface area (Å²) in [5, 5.41) is 2.71. The Morgan fingerprint density at radius 3 is 2.04 bits per heavy atom. The predicted octanol–water partition coefficient (Wildman–Crippen LogP) is 5.08. The molecule has 0 saturated heterocycles. The lowest BCUT2D eigenvalue weighted by Crippen LogP contribution is -2.29. The fourth-order valence-corrected chi connectivity index (χ4v) is 5.59. The summed E-state index contributed by atoms with van der Waals surface area (Å²) in [5.74, 6) is 6.79. The van der Waals surface area contributed by atoms with Crippen molar-refractivity contribution in [1.29, 1.82) is 0 Å². The van der Waals surface area contributed by atoms with Crippen molar-refractivity contribution >= 4 is 18.7 Å². The van der Waals surface area contributed by atoms with Gasteiger partial charge in [0.2, 0.25) is 0 Å². The zero-order chi connectivity index (χ0) is 19.1. The lowest BCUT2D eigenvalue weighted by molar-refractivity contribution is 0.514. The van der Waals surface area contributed by atoms with Crippen molar-refractivity contribution in [3.63, 3.8) is 0 Å². The van der Waals surface area contributed by atoms with Crippen molar-refractivity contribution < 1.29 is 0 Å². The summed E-state index contributed by atoms with van der Waals surface area (Å²) >= 11 is 0. The van der Waals surface area contributed by atoms with Crippen LogP contribution in [0.2, 0.25) is 0 Å². The fourth-order valence-electron chi connectivity index (χ4n) is 3.07. The number of nitrogens with zero attached hydrogens (tertiary/aromatic N) is 1. The molecule has 0 radical (unpaired) electrons. The first-order chi connectivity index (χ1) is 13.2. The summed E-state index contributed by atoms with van der Waals surface area (Å²) in [6.07, 6.45) is 0. The lowest BCUT2D eigenvalue weighted by Gasteiger charge is -2.31. The minimum absolute atomic E-state index is 0.590. The van der Waals surface area contributed by atoms with Crippen LogP contribution in [0, 0.1) is 18.8 Å². The molecule has 1 atom stereocenters. The second-order valence-corrected chi connectivity index (χ2v) is 8.61. The maximum atomic E-state index is 3.44. The fraction of sp³-hybridized carbons (Fsp3) is 0.200. The van der Waals surface area contributed by atoms with Crippen LogP contribution in [0.3, 0.4) is 0 Å². The van der Waals surface area contributed by atoms with E-state index >= 15 is 0 Å². The average Bonchev–Trinajstić information content (AvgIpc) is 2.72. The zero-order valence-electron chi connectivity index (χ0n) is 16.3. The number of benzene rings is 3. The third-order valence-corrected chi connectivity index (χ3v) is 7.30. The molecule has 0 aliphatic rings. The summed E-state index contributed by atoms with van der Waals surface area (Å²) in [4.78, 5) is 0. The molecule has 27 heavy (non-hydrogen) atoms. The third kappa shape index (κ3) is 4.86. The van der Waals surface area contributed by atoms with Crippen LogP contribution in [-0.2, 0) is 0 Å². The highest BCUT2D eigenvalue weighted by Gasteiger charge is 2.21. The predicted molar refractivity (Wildman–Crippen MR) is 119 cm³/mol. The molecule has 3 rings (SSSR count). The Morgan fingerprint density at radius 1 is 0.741 bits per heavy atom.